The van der Waals surface area contributed by atoms with Crippen molar-refractivity contribution in [1.29, 1.82) is 0 Å². The van der Waals surface area contributed by atoms with Gasteiger partial charge in [0.05, 0.1) is 24.2 Å². The Balaban J connectivity index is 1.41. The first-order valence-electron chi connectivity index (χ1n) is 8.07. The van der Waals surface area contributed by atoms with E-state index in [4.69, 9.17) is 4.42 Å². The first-order valence-corrected chi connectivity index (χ1v) is 8.07. The van der Waals surface area contributed by atoms with E-state index in [-0.39, 0.29) is 11.9 Å². The van der Waals surface area contributed by atoms with E-state index in [2.05, 4.69) is 20.2 Å². The molecule has 0 spiro atoms. The van der Waals surface area contributed by atoms with Crippen LogP contribution < -0.4 is 10.2 Å². The fraction of sp³-hybridized carbons (Fsp3) is 0.353. The van der Waals surface area contributed by atoms with Crippen molar-refractivity contribution in [2.45, 2.75) is 18.9 Å². The number of furan rings is 1. The summed E-state index contributed by atoms with van der Waals surface area (Å²) < 4.78 is 7.17. The maximum absolute atomic E-state index is 12.3. The zero-order chi connectivity index (χ0) is 16.5. The van der Waals surface area contributed by atoms with Gasteiger partial charge in [-0.1, -0.05) is 0 Å². The van der Waals surface area contributed by atoms with Crippen LogP contribution in [-0.4, -0.2) is 39.6 Å². The van der Waals surface area contributed by atoms with Crippen LogP contribution in [0.3, 0.4) is 0 Å². The Morgan fingerprint density at radius 2 is 2.17 bits per heavy atom. The Hall–Kier alpha value is -2.83. The predicted octanol–water partition coefficient (Wildman–Crippen LogP) is 1.96. The number of carbonyl (C=O) groups is 1. The molecular formula is C17H19N5O2. The number of pyridine rings is 1. The van der Waals surface area contributed by atoms with Crippen molar-refractivity contribution in [2.75, 3.05) is 18.0 Å². The predicted molar refractivity (Wildman–Crippen MR) is 89.9 cm³/mol. The molecule has 0 bridgehead atoms. The van der Waals surface area contributed by atoms with Crippen LogP contribution in [-0.2, 0) is 7.05 Å². The van der Waals surface area contributed by atoms with E-state index in [1.54, 1.807) is 29.6 Å². The Kier molecular flexibility index (Phi) is 3.68. The molecule has 124 valence electrons. The van der Waals surface area contributed by atoms with E-state index < -0.39 is 0 Å². The summed E-state index contributed by atoms with van der Waals surface area (Å²) in [6, 6.07) is 4.00. The summed E-state index contributed by atoms with van der Waals surface area (Å²) in [7, 11) is 1.82. The molecule has 1 fully saturated rings. The zero-order valence-corrected chi connectivity index (χ0v) is 13.5. The molecule has 0 unspecified atom stereocenters. The molecule has 0 atom stereocenters. The standard InChI is InChI=1S/C17H19N5O2/c1-21-11-18-10-14(21)17(23)20-12-3-7-22(8-4-12)16-13-5-9-24-15(13)2-6-19-16/h2,5-6,9-12H,3-4,7-8H2,1H3,(H,20,23). The Labute approximate surface area is 139 Å². The third-order valence-electron chi connectivity index (χ3n) is 4.54. The van der Waals surface area contributed by atoms with Gasteiger partial charge < -0.3 is 19.2 Å². The van der Waals surface area contributed by atoms with Crippen LogP contribution in [0.25, 0.3) is 11.0 Å². The molecule has 7 nitrogen and oxygen atoms in total. The summed E-state index contributed by atoms with van der Waals surface area (Å²) in [5, 5.41) is 4.14. The number of fused-ring (bicyclic) bond motifs is 1. The molecule has 1 saturated heterocycles. The summed E-state index contributed by atoms with van der Waals surface area (Å²) >= 11 is 0. The molecule has 4 heterocycles. The van der Waals surface area contributed by atoms with Gasteiger partial charge in [0.1, 0.15) is 17.1 Å². The summed E-state index contributed by atoms with van der Waals surface area (Å²) in [5.74, 6) is 0.890. The molecule has 1 aliphatic rings. The van der Waals surface area contributed by atoms with Crippen LogP contribution in [0.15, 0.2) is 41.5 Å². The normalized spacial score (nSPS) is 15.8. The molecule has 1 aliphatic heterocycles. The van der Waals surface area contributed by atoms with Gasteiger partial charge >= 0.3 is 0 Å². The average molecular weight is 325 g/mol. The Morgan fingerprint density at radius 3 is 2.92 bits per heavy atom. The fourth-order valence-corrected chi connectivity index (χ4v) is 3.20. The molecular weight excluding hydrogens is 306 g/mol. The lowest BCUT2D eigenvalue weighted by Gasteiger charge is -2.33. The minimum atomic E-state index is -0.0662. The van der Waals surface area contributed by atoms with Gasteiger partial charge in [-0.05, 0) is 25.0 Å². The number of anilines is 1. The number of rotatable bonds is 3. The van der Waals surface area contributed by atoms with E-state index in [1.807, 2.05) is 19.2 Å². The van der Waals surface area contributed by atoms with Gasteiger partial charge in [0.25, 0.3) is 5.91 Å². The fourth-order valence-electron chi connectivity index (χ4n) is 3.20. The average Bonchev–Trinajstić information content (AvgIpc) is 3.23. The lowest BCUT2D eigenvalue weighted by Crippen LogP contribution is -2.45. The maximum Gasteiger partial charge on any atom is 0.269 e. The first-order chi connectivity index (χ1) is 11.7. The number of piperidine rings is 1. The minimum absolute atomic E-state index is 0.0662. The molecule has 3 aromatic heterocycles. The number of carbonyl (C=O) groups excluding carboxylic acids is 1. The van der Waals surface area contributed by atoms with Gasteiger partial charge in [-0.2, -0.15) is 0 Å². The van der Waals surface area contributed by atoms with Crippen molar-refractivity contribution in [3.63, 3.8) is 0 Å². The third kappa shape index (κ3) is 2.62. The smallest absolute Gasteiger partial charge is 0.269 e. The van der Waals surface area contributed by atoms with Gasteiger partial charge in [-0.3, -0.25) is 4.79 Å². The molecule has 3 aromatic rings. The second-order valence-electron chi connectivity index (χ2n) is 6.09. The SMILES string of the molecule is Cn1cncc1C(=O)NC1CCN(c2nccc3occc23)CC1. The topological polar surface area (TPSA) is 76.2 Å². The highest BCUT2D eigenvalue weighted by Gasteiger charge is 2.24. The lowest BCUT2D eigenvalue weighted by molar-refractivity contribution is 0.0923. The number of amides is 1. The van der Waals surface area contributed by atoms with Crippen LogP contribution >= 0.6 is 0 Å². The molecule has 1 amide bonds. The van der Waals surface area contributed by atoms with Crippen LogP contribution in [0, 0.1) is 0 Å². The molecule has 1 N–H and O–H groups in total. The van der Waals surface area contributed by atoms with Crippen molar-refractivity contribution in [2.24, 2.45) is 7.05 Å². The molecule has 7 heteroatoms. The first kappa shape index (κ1) is 14.7. The van der Waals surface area contributed by atoms with Crippen LogP contribution in [0.4, 0.5) is 5.82 Å². The highest BCUT2D eigenvalue weighted by Crippen LogP contribution is 2.27. The number of hydrogen-bond acceptors (Lipinski definition) is 5. The zero-order valence-electron chi connectivity index (χ0n) is 13.5. The van der Waals surface area contributed by atoms with E-state index in [9.17, 15) is 4.79 Å². The summed E-state index contributed by atoms with van der Waals surface area (Å²) in [4.78, 5) is 23.0. The second kappa shape index (κ2) is 5.99. The van der Waals surface area contributed by atoms with Gasteiger partial charge in [0, 0.05) is 32.4 Å². The minimum Gasteiger partial charge on any atom is -0.464 e. The van der Waals surface area contributed by atoms with E-state index in [1.165, 1.54) is 0 Å². The van der Waals surface area contributed by atoms with Crippen molar-refractivity contribution >= 4 is 22.7 Å². The molecule has 4 rings (SSSR count). The highest BCUT2D eigenvalue weighted by molar-refractivity contribution is 5.92. The van der Waals surface area contributed by atoms with Gasteiger partial charge in [-0.15, -0.1) is 0 Å². The quantitative estimate of drug-likeness (QED) is 0.796. The van der Waals surface area contributed by atoms with Crippen molar-refractivity contribution in [3.05, 3.63) is 42.8 Å². The van der Waals surface area contributed by atoms with Crippen molar-refractivity contribution in [3.8, 4) is 0 Å². The maximum atomic E-state index is 12.3. The summed E-state index contributed by atoms with van der Waals surface area (Å²) in [5.41, 5.74) is 1.44. The highest BCUT2D eigenvalue weighted by atomic mass is 16.3. The molecule has 0 aromatic carbocycles. The molecule has 0 saturated carbocycles. The van der Waals surface area contributed by atoms with Crippen LogP contribution in [0.5, 0.6) is 0 Å². The number of imidazole rings is 1. The number of hydrogen-bond donors (Lipinski definition) is 1. The van der Waals surface area contributed by atoms with Gasteiger partial charge in [-0.25, -0.2) is 9.97 Å². The Bertz CT molecular complexity index is 861. The Morgan fingerprint density at radius 1 is 1.33 bits per heavy atom. The van der Waals surface area contributed by atoms with Crippen LogP contribution in [0.2, 0.25) is 0 Å². The number of aryl methyl sites for hydroxylation is 1. The molecule has 0 aliphatic carbocycles. The second-order valence-corrected chi connectivity index (χ2v) is 6.09. The number of nitrogens with zero attached hydrogens (tertiary/aromatic N) is 4. The van der Waals surface area contributed by atoms with Crippen LogP contribution in [0.1, 0.15) is 23.3 Å². The van der Waals surface area contributed by atoms with Crippen molar-refractivity contribution < 1.29 is 9.21 Å². The molecule has 0 radical (unpaired) electrons. The number of nitrogens with one attached hydrogen (secondary N) is 1. The largest absolute Gasteiger partial charge is 0.464 e. The molecule has 24 heavy (non-hydrogen) atoms. The lowest BCUT2D eigenvalue weighted by atomic mass is 10.0. The van der Waals surface area contributed by atoms with Gasteiger partial charge in [0.2, 0.25) is 0 Å². The van der Waals surface area contributed by atoms with E-state index in [0.717, 1.165) is 42.7 Å². The monoisotopic (exact) mass is 325 g/mol. The van der Waals surface area contributed by atoms with Crippen molar-refractivity contribution in [1.82, 2.24) is 19.9 Å². The number of aromatic nitrogens is 3. The van der Waals surface area contributed by atoms with E-state index in [0.29, 0.717) is 5.69 Å². The van der Waals surface area contributed by atoms with Gasteiger partial charge in [0.15, 0.2) is 0 Å². The summed E-state index contributed by atoms with van der Waals surface area (Å²) in [6.07, 6.45) is 8.47. The third-order valence-corrected chi connectivity index (χ3v) is 4.54. The summed E-state index contributed by atoms with van der Waals surface area (Å²) in [6.45, 7) is 1.71. The van der Waals surface area contributed by atoms with E-state index >= 15 is 0 Å².